The number of amides is 2. The fraction of sp³-hybridized carbons (Fsp3) is 0.409. The van der Waals surface area contributed by atoms with E-state index in [4.69, 9.17) is 0 Å². The van der Waals surface area contributed by atoms with E-state index in [1.807, 2.05) is 40.1 Å². The molecule has 1 saturated heterocycles. The Kier molecular flexibility index (Phi) is 6.05. The first-order valence-corrected chi connectivity index (χ1v) is 10.2. The number of nitrogens with zero attached hydrogens (tertiary/aromatic N) is 4. The number of carbonyl (C=O) groups excluding carboxylic acids is 2. The summed E-state index contributed by atoms with van der Waals surface area (Å²) in [4.78, 5) is 28.3. The lowest BCUT2D eigenvalue weighted by Crippen LogP contribution is -2.51. The number of hydrogen-bond acceptors (Lipinski definition) is 4. The quantitative estimate of drug-likeness (QED) is 0.722. The molecule has 1 aliphatic heterocycles. The molecule has 2 heterocycles. The maximum Gasteiger partial charge on any atom is 0.246 e. The van der Waals surface area contributed by atoms with E-state index in [1.165, 1.54) is 5.56 Å². The molecule has 1 aliphatic carbocycles. The zero-order valence-corrected chi connectivity index (χ0v) is 16.5. The Morgan fingerprint density at radius 3 is 2.59 bits per heavy atom. The van der Waals surface area contributed by atoms with Crippen LogP contribution in [0.2, 0.25) is 0 Å². The van der Waals surface area contributed by atoms with E-state index in [2.05, 4.69) is 27.4 Å². The number of aromatic nitrogens is 2. The predicted octanol–water partition coefficient (Wildman–Crippen LogP) is 1.37. The summed E-state index contributed by atoms with van der Waals surface area (Å²) in [6.07, 6.45) is 9.33. The van der Waals surface area contributed by atoms with Gasteiger partial charge < -0.3 is 10.2 Å². The third kappa shape index (κ3) is 5.77. The molecule has 152 valence electrons. The van der Waals surface area contributed by atoms with Crippen LogP contribution in [0.4, 0.5) is 0 Å². The second-order valence-electron chi connectivity index (χ2n) is 7.73. The fourth-order valence-corrected chi connectivity index (χ4v) is 3.43. The topological polar surface area (TPSA) is 70.5 Å². The van der Waals surface area contributed by atoms with E-state index in [9.17, 15) is 9.59 Å². The molecular weight excluding hydrogens is 366 g/mol. The Morgan fingerprint density at radius 2 is 1.86 bits per heavy atom. The number of hydrogen-bond donors (Lipinski definition) is 1. The second kappa shape index (κ2) is 9.05. The first kappa shape index (κ1) is 19.4. The van der Waals surface area contributed by atoms with E-state index < -0.39 is 0 Å². The first-order valence-electron chi connectivity index (χ1n) is 10.2. The van der Waals surface area contributed by atoms with Crippen molar-refractivity contribution in [2.24, 2.45) is 0 Å². The summed E-state index contributed by atoms with van der Waals surface area (Å²) in [5.41, 5.74) is 2.09. The number of piperazine rings is 1. The van der Waals surface area contributed by atoms with Gasteiger partial charge in [-0.3, -0.25) is 19.2 Å². The highest BCUT2D eigenvalue weighted by molar-refractivity contribution is 5.91. The van der Waals surface area contributed by atoms with Crippen LogP contribution in [0.3, 0.4) is 0 Å². The van der Waals surface area contributed by atoms with Crippen LogP contribution in [0, 0.1) is 0 Å². The van der Waals surface area contributed by atoms with Gasteiger partial charge in [-0.25, -0.2) is 0 Å². The van der Waals surface area contributed by atoms with Crippen molar-refractivity contribution in [3.8, 4) is 0 Å². The van der Waals surface area contributed by atoms with E-state index >= 15 is 0 Å². The van der Waals surface area contributed by atoms with Gasteiger partial charge in [-0.1, -0.05) is 30.3 Å². The minimum absolute atomic E-state index is 0.00268. The molecule has 4 rings (SSSR count). The van der Waals surface area contributed by atoms with Crippen molar-refractivity contribution in [3.63, 3.8) is 0 Å². The highest BCUT2D eigenvalue weighted by Gasteiger charge is 2.25. The molecule has 29 heavy (non-hydrogen) atoms. The minimum Gasteiger partial charge on any atom is -0.352 e. The van der Waals surface area contributed by atoms with Gasteiger partial charge in [0.15, 0.2) is 0 Å². The average molecular weight is 393 g/mol. The van der Waals surface area contributed by atoms with Crippen molar-refractivity contribution in [1.29, 1.82) is 0 Å². The molecule has 2 amide bonds. The molecular formula is C22H27N5O2. The molecule has 7 heteroatoms. The molecule has 0 radical (unpaired) electrons. The average Bonchev–Trinajstić information content (AvgIpc) is 3.43. The lowest BCUT2D eigenvalue weighted by Gasteiger charge is -2.33. The van der Waals surface area contributed by atoms with Crippen molar-refractivity contribution >= 4 is 17.9 Å². The summed E-state index contributed by atoms with van der Waals surface area (Å²) in [6.45, 7) is 3.88. The molecule has 1 saturated carbocycles. The molecule has 0 unspecified atom stereocenters. The maximum atomic E-state index is 12.5. The van der Waals surface area contributed by atoms with Crippen LogP contribution >= 0.6 is 0 Å². The van der Waals surface area contributed by atoms with Crippen LogP contribution in [-0.4, -0.2) is 70.2 Å². The number of carbonyl (C=O) groups is 2. The molecule has 1 N–H and O–H groups in total. The highest BCUT2D eigenvalue weighted by atomic mass is 16.2. The Bertz CT molecular complexity index is 864. The Balaban J connectivity index is 1.22. The monoisotopic (exact) mass is 393 g/mol. The smallest absolute Gasteiger partial charge is 0.246 e. The number of benzene rings is 1. The van der Waals surface area contributed by atoms with E-state index in [-0.39, 0.29) is 11.8 Å². The van der Waals surface area contributed by atoms with Crippen LogP contribution in [-0.2, 0) is 16.1 Å². The van der Waals surface area contributed by atoms with Crippen LogP contribution in [0.5, 0.6) is 0 Å². The van der Waals surface area contributed by atoms with Gasteiger partial charge in [-0.05, 0) is 24.5 Å². The van der Waals surface area contributed by atoms with Crippen molar-refractivity contribution in [2.75, 3.05) is 32.7 Å². The molecule has 7 nitrogen and oxygen atoms in total. The molecule has 0 atom stereocenters. The fourth-order valence-electron chi connectivity index (χ4n) is 3.43. The Labute approximate surface area is 171 Å². The predicted molar refractivity (Wildman–Crippen MR) is 111 cm³/mol. The molecule has 0 spiro atoms. The lowest BCUT2D eigenvalue weighted by atomic mass is 10.2. The zero-order chi connectivity index (χ0) is 20.1. The van der Waals surface area contributed by atoms with Crippen LogP contribution in [0.1, 0.15) is 24.0 Å². The van der Waals surface area contributed by atoms with Gasteiger partial charge in [-0.2, -0.15) is 5.10 Å². The van der Waals surface area contributed by atoms with E-state index in [0.29, 0.717) is 32.2 Å². The Hall–Kier alpha value is -2.93. The van der Waals surface area contributed by atoms with Gasteiger partial charge in [-0.15, -0.1) is 0 Å². The maximum absolute atomic E-state index is 12.5. The second-order valence-corrected chi connectivity index (χ2v) is 7.73. The molecule has 2 aromatic rings. The van der Waals surface area contributed by atoms with Gasteiger partial charge in [0.25, 0.3) is 0 Å². The molecule has 0 bridgehead atoms. The zero-order valence-electron chi connectivity index (χ0n) is 16.5. The minimum atomic E-state index is 0.00268. The van der Waals surface area contributed by atoms with Crippen molar-refractivity contribution < 1.29 is 9.59 Å². The summed E-state index contributed by atoms with van der Waals surface area (Å²) >= 11 is 0. The van der Waals surface area contributed by atoms with Crippen LogP contribution in [0.15, 0.2) is 48.8 Å². The summed E-state index contributed by atoms with van der Waals surface area (Å²) in [6, 6.07) is 10.5. The van der Waals surface area contributed by atoms with Gasteiger partial charge in [0.2, 0.25) is 11.8 Å². The summed E-state index contributed by atoms with van der Waals surface area (Å²) in [5.74, 6) is 0.0996. The van der Waals surface area contributed by atoms with E-state index in [1.54, 1.807) is 12.3 Å². The third-order valence-electron chi connectivity index (χ3n) is 5.25. The summed E-state index contributed by atoms with van der Waals surface area (Å²) in [5, 5.41) is 7.37. The van der Waals surface area contributed by atoms with Gasteiger partial charge in [0.05, 0.1) is 19.3 Å². The van der Waals surface area contributed by atoms with Gasteiger partial charge in [0, 0.05) is 50.1 Å². The normalized spacial score (nSPS) is 17.6. The Morgan fingerprint density at radius 1 is 1.10 bits per heavy atom. The molecule has 1 aromatic heterocycles. The SMILES string of the molecule is O=C(CN1CCN(C(=O)/C=C/c2cnn(Cc3ccccc3)c2)CC1)NC1CC1. The number of rotatable bonds is 7. The first-order chi connectivity index (χ1) is 14.2. The third-order valence-corrected chi connectivity index (χ3v) is 5.25. The lowest BCUT2D eigenvalue weighted by molar-refractivity contribution is -0.128. The standard InChI is InChI=1S/C22H27N5O2/c28-21(24-20-7-8-20)17-25-10-12-26(13-11-25)22(29)9-6-19-14-23-27(16-19)15-18-4-2-1-3-5-18/h1-6,9,14,16,20H,7-8,10-13,15,17H2,(H,24,28)/b9-6+. The van der Waals surface area contributed by atoms with Crippen molar-refractivity contribution in [2.45, 2.75) is 25.4 Å². The molecule has 2 aliphatic rings. The van der Waals surface area contributed by atoms with Gasteiger partial charge >= 0.3 is 0 Å². The van der Waals surface area contributed by atoms with E-state index in [0.717, 1.165) is 31.5 Å². The molecule has 1 aromatic carbocycles. The largest absolute Gasteiger partial charge is 0.352 e. The molecule has 2 fully saturated rings. The van der Waals surface area contributed by atoms with Crippen LogP contribution < -0.4 is 5.32 Å². The van der Waals surface area contributed by atoms with Crippen molar-refractivity contribution in [1.82, 2.24) is 24.9 Å². The van der Waals surface area contributed by atoms with Crippen molar-refractivity contribution in [3.05, 3.63) is 59.9 Å². The highest BCUT2D eigenvalue weighted by Crippen LogP contribution is 2.18. The number of nitrogens with one attached hydrogen (secondary N) is 1. The summed E-state index contributed by atoms with van der Waals surface area (Å²) < 4.78 is 1.87. The van der Waals surface area contributed by atoms with Gasteiger partial charge in [0.1, 0.15) is 0 Å². The summed E-state index contributed by atoms with van der Waals surface area (Å²) in [7, 11) is 0. The van der Waals surface area contributed by atoms with Crippen LogP contribution in [0.25, 0.3) is 6.08 Å².